The van der Waals surface area contributed by atoms with Crippen molar-refractivity contribution in [2.75, 3.05) is 32.1 Å². The van der Waals surface area contributed by atoms with Gasteiger partial charge in [0.1, 0.15) is 19.0 Å². The topological polar surface area (TPSA) is 84.9 Å². The number of ether oxygens (including phenoxy) is 2. The summed E-state index contributed by atoms with van der Waals surface area (Å²) in [6.07, 6.45) is 0. The molecule has 2 aromatic rings. The average molecular weight is 380 g/mol. The Morgan fingerprint density at radius 2 is 1.85 bits per heavy atom. The number of carbonyl (C=O) groups is 1. The Kier molecular flexibility index (Phi) is 5.10. The first-order chi connectivity index (χ1) is 12.4. The van der Waals surface area contributed by atoms with E-state index < -0.39 is 28.3 Å². The number of likely N-dealkylation sites (N-methyl/N-ethyl adjacent to an activating group) is 1. The monoisotopic (exact) mass is 380 g/mol. The normalized spacial score (nSPS) is 13.5. The number of hydrogen-bond donors (Lipinski definition) is 1. The number of para-hydroxylation sites is 1. The van der Waals surface area contributed by atoms with Crippen molar-refractivity contribution in [2.24, 2.45) is 0 Å². The molecule has 2 aromatic carbocycles. The highest BCUT2D eigenvalue weighted by Gasteiger charge is 2.25. The number of nitrogens with zero attached hydrogens (tertiary/aromatic N) is 1. The molecule has 0 aromatic heterocycles. The number of benzene rings is 2. The van der Waals surface area contributed by atoms with Gasteiger partial charge >= 0.3 is 0 Å². The smallest absolute Gasteiger partial charge is 0.243 e. The summed E-state index contributed by atoms with van der Waals surface area (Å²) in [7, 11) is -2.66. The molecule has 7 nitrogen and oxygen atoms in total. The van der Waals surface area contributed by atoms with Gasteiger partial charge in [0.05, 0.1) is 17.1 Å². The van der Waals surface area contributed by atoms with Gasteiger partial charge in [-0.1, -0.05) is 12.1 Å². The Hall–Kier alpha value is -2.65. The van der Waals surface area contributed by atoms with Gasteiger partial charge in [-0.15, -0.1) is 0 Å². The number of rotatable bonds is 5. The van der Waals surface area contributed by atoms with Crippen LogP contribution in [0, 0.1) is 5.82 Å². The number of amides is 1. The Morgan fingerprint density at radius 3 is 2.58 bits per heavy atom. The lowest BCUT2D eigenvalue weighted by Gasteiger charge is -2.21. The Morgan fingerprint density at radius 1 is 1.15 bits per heavy atom. The van der Waals surface area contributed by atoms with Crippen LogP contribution in [0.5, 0.6) is 11.5 Å². The van der Waals surface area contributed by atoms with E-state index in [9.17, 15) is 17.6 Å². The Labute approximate surface area is 150 Å². The van der Waals surface area contributed by atoms with E-state index in [-0.39, 0.29) is 10.6 Å². The minimum Gasteiger partial charge on any atom is -0.486 e. The second kappa shape index (κ2) is 7.30. The molecule has 0 saturated carbocycles. The van der Waals surface area contributed by atoms with Crippen LogP contribution < -0.4 is 14.8 Å². The molecule has 0 bridgehead atoms. The molecular formula is C17H17FN2O5S. The summed E-state index contributed by atoms with van der Waals surface area (Å²) in [5, 5.41) is 2.35. The molecule has 0 aliphatic carbocycles. The molecule has 0 radical (unpaired) electrons. The van der Waals surface area contributed by atoms with Gasteiger partial charge in [0.15, 0.2) is 11.5 Å². The molecule has 138 valence electrons. The molecule has 0 atom stereocenters. The third kappa shape index (κ3) is 3.78. The summed E-state index contributed by atoms with van der Waals surface area (Å²) >= 11 is 0. The molecule has 1 aliphatic rings. The van der Waals surface area contributed by atoms with E-state index in [0.29, 0.717) is 24.7 Å². The van der Waals surface area contributed by atoms with E-state index in [1.807, 2.05) is 0 Å². The van der Waals surface area contributed by atoms with E-state index >= 15 is 0 Å². The van der Waals surface area contributed by atoms with Crippen LogP contribution in [0.25, 0.3) is 0 Å². The fourth-order valence-electron chi connectivity index (χ4n) is 2.40. The number of nitrogens with one attached hydrogen (secondary N) is 1. The lowest BCUT2D eigenvalue weighted by atomic mass is 10.3. The van der Waals surface area contributed by atoms with E-state index in [1.165, 1.54) is 43.4 Å². The fraction of sp³-hybridized carbons (Fsp3) is 0.235. The van der Waals surface area contributed by atoms with E-state index in [4.69, 9.17) is 9.47 Å². The fourth-order valence-corrected chi connectivity index (χ4v) is 3.55. The number of hydrogen-bond acceptors (Lipinski definition) is 5. The van der Waals surface area contributed by atoms with Gasteiger partial charge in [-0.3, -0.25) is 4.79 Å². The van der Waals surface area contributed by atoms with Crippen LogP contribution in [-0.2, 0) is 14.8 Å². The summed E-state index contributed by atoms with van der Waals surface area (Å²) in [4.78, 5) is 12.0. The molecule has 1 N–H and O–H groups in total. The maximum Gasteiger partial charge on any atom is 0.243 e. The molecule has 26 heavy (non-hydrogen) atoms. The molecule has 1 heterocycles. The largest absolute Gasteiger partial charge is 0.486 e. The van der Waals surface area contributed by atoms with Crippen LogP contribution in [0.2, 0.25) is 0 Å². The van der Waals surface area contributed by atoms with Gasteiger partial charge in [-0.25, -0.2) is 12.8 Å². The van der Waals surface area contributed by atoms with Gasteiger partial charge in [-0.05, 0) is 24.3 Å². The third-order valence-corrected chi connectivity index (χ3v) is 5.54. The van der Waals surface area contributed by atoms with E-state index in [0.717, 1.165) is 4.31 Å². The highest BCUT2D eigenvalue weighted by atomic mass is 32.2. The molecule has 0 unspecified atom stereocenters. The second-order valence-corrected chi connectivity index (χ2v) is 7.64. The van der Waals surface area contributed by atoms with Crippen LogP contribution in [0.15, 0.2) is 47.4 Å². The lowest BCUT2D eigenvalue weighted by molar-refractivity contribution is -0.116. The second-order valence-electron chi connectivity index (χ2n) is 5.59. The average Bonchev–Trinajstić information content (AvgIpc) is 2.63. The van der Waals surface area contributed by atoms with Crippen molar-refractivity contribution in [3.05, 3.63) is 48.3 Å². The van der Waals surface area contributed by atoms with Crippen molar-refractivity contribution < 1.29 is 27.1 Å². The molecule has 3 rings (SSSR count). The van der Waals surface area contributed by atoms with Crippen LogP contribution in [-0.4, -0.2) is 45.4 Å². The number of anilines is 1. The van der Waals surface area contributed by atoms with E-state index in [2.05, 4.69) is 5.32 Å². The van der Waals surface area contributed by atoms with Gasteiger partial charge in [0.2, 0.25) is 15.9 Å². The predicted molar refractivity (Wildman–Crippen MR) is 92.3 cm³/mol. The zero-order valence-electron chi connectivity index (χ0n) is 13.9. The third-order valence-electron chi connectivity index (χ3n) is 3.74. The summed E-state index contributed by atoms with van der Waals surface area (Å²) in [5.74, 6) is -0.450. The highest BCUT2D eigenvalue weighted by Crippen LogP contribution is 2.32. The summed E-state index contributed by atoms with van der Waals surface area (Å²) in [5.41, 5.74) is -0.0115. The first kappa shape index (κ1) is 18.2. The number of carbonyl (C=O) groups excluding carboxylic acids is 1. The maximum atomic E-state index is 13.6. The van der Waals surface area contributed by atoms with Crippen molar-refractivity contribution >= 4 is 21.6 Å². The first-order valence-electron chi connectivity index (χ1n) is 7.78. The lowest BCUT2D eigenvalue weighted by Crippen LogP contribution is -2.35. The molecule has 0 fully saturated rings. The van der Waals surface area contributed by atoms with Crippen LogP contribution in [0.3, 0.4) is 0 Å². The van der Waals surface area contributed by atoms with Crippen molar-refractivity contribution in [2.45, 2.75) is 4.90 Å². The molecule has 9 heteroatoms. The van der Waals surface area contributed by atoms with Crippen molar-refractivity contribution in [3.63, 3.8) is 0 Å². The molecule has 1 aliphatic heterocycles. The van der Waals surface area contributed by atoms with Crippen molar-refractivity contribution in [1.82, 2.24) is 4.31 Å². The number of fused-ring (bicyclic) bond motifs is 1. The zero-order valence-corrected chi connectivity index (χ0v) is 14.8. The van der Waals surface area contributed by atoms with Gasteiger partial charge in [-0.2, -0.15) is 4.31 Å². The molecule has 1 amide bonds. The SMILES string of the molecule is CN(CC(=O)Nc1ccccc1F)S(=O)(=O)c1ccc2c(c1)OCCO2. The van der Waals surface area contributed by atoms with Gasteiger partial charge in [0, 0.05) is 13.1 Å². The summed E-state index contributed by atoms with van der Waals surface area (Å²) in [6, 6.07) is 9.89. The standard InChI is InChI=1S/C17H17FN2O5S/c1-20(11-17(21)19-14-5-3-2-4-13(14)18)26(22,23)12-6-7-15-16(10-12)25-9-8-24-15/h2-7,10H,8-9,11H2,1H3,(H,19,21). The van der Waals surface area contributed by atoms with Crippen LogP contribution >= 0.6 is 0 Å². The van der Waals surface area contributed by atoms with Crippen molar-refractivity contribution in [1.29, 1.82) is 0 Å². The van der Waals surface area contributed by atoms with Crippen LogP contribution in [0.4, 0.5) is 10.1 Å². The summed E-state index contributed by atoms with van der Waals surface area (Å²) in [6.45, 7) is 0.262. The molecule has 0 saturated heterocycles. The molecular weight excluding hydrogens is 363 g/mol. The van der Waals surface area contributed by atoms with Gasteiger partial charge < -0.3 is 14.8 Å². The molecule has 0 spiro atoms. The Bertz CT molecular complexity index is 933. The maximum absolute atomic E-state index is 13.6. The quantitative estimate of drug-likeness (QED) is 0.856. The Balaban J connectivity index is 1.73. The first-order valence-corrected chi connectivity index (χ1v) is 9.22. The summed E-state index contributed by atoms with van der Waals surface area (Å²) < 4.78 is 50.5. The number of sulfonamides is 1. The van der Waals surface area contributed by atoms with Crippen LogP contribution in [0.1, 0.15) is 0 Å². The zero-order chi connectivity index (χ0) is 18.7. The predicted octanol–water partition coefficient (Wildman–Crippen LogP) is 1.86. The number of halogens is 1. The van der Waals surface area contributed by atoms with Crippen molar-refractivity contribution in [3.8, 4) is 11.5 Å². The highest BCUT2D eigenvalue weighted by molar-refractivity contribution is 7.89. The van der Waals surface area contributed by atoms with Gasteiger partial charge in [0.25, 0.3) is 0 Å². The minimum absolute atomic E-state index is 0.0115. The minimum atomic E-state index is -3.93. The van der Waals surface area contributed by atoms with E-state index in [1.54, 1.807) is 6.07 Å².